The van der Waals surface area contributed by atoms with Gasteiger partial charge in [-0.25, -0.2) is 0 Å². The van der Waals surface area contributed by atoms with Gasteiger partial charge in [0.1, 0.15) is 6.10 Å². The van der Waals surface area contributed by atoms with Crippen LogP contribution in [0, 0.1) is 0 Å². The first kappa shape index (κ1) is 58.6. The maximum atomic E-state index is 13.2. The topological polar surface area (TPSA) is 95.9 Å². The molecule has 0 heterocycles. The van der Waals surface area contributed by atoms with E-state index in [2.05, 4.69) is 38.2 Å². The van der Waals surface area contributed by atoms with E-state index in [1.54, 1.807) is 0 Å². The van der Waals surface area contributed by atoms with Gasteiger partial charge in [-0.2, -0.15) is 0 Å². The second kappa shape index (κ2) is 48.6. The van der Waals surface area contributed by atoms with Crippen LogP contribution in [0.1, 0.15) is 252 Å². The lowest BCUT2D eigenvalue weighted by Crippen LogP contribution is -2.46. The molecule has 3 atom stereocenters. The number of hydrogen-bond acceptors (Lipinski definition) is 5. The number of carbonyl (C=O) groups is 2. The molecule has 354 valence electrons. The molecule has 0 radical (unpaired) electrons. The molecule has 3 unspecified atom stereocenters. The molecule has 0 rings (SSSR count). The van der Waals surface area contributed by atoms with Crippen LogP contribution in [-0.2, 0) is 14.3 Å². The van der Waals surface area contributed by atoms with Gasteiger partial charge >= 0.3 is 5.97 Å². The van der Waals surface area contributed by atoms with Crippen molar-refractivity contribution >= 4 is 11.9 Å². The van der Waals surface area contributed by atoms with Gasteiger partial charge in [-0.3, -0.25) is 9.59 Å². The second-order valence-corrected chi connectivity index (χ2v) is 17.7. The van der Waals surface area contributed by atoms with Crippen LogP contribution in [0.15, 0.2) is 60.8 Å². The Bertz CT molecular complexity index is 1090. The summed E-state index contributed by atoms with van der Waals surface area (Å²) in [4.78, 5) is 26.1. The quantitative estimate of drug-likeness (QED) is 0.0322. The number of unbranched alkanes of at least 4 members (excludes halogenated alkanes) is 28. The molecule has 3 N–H and O–H groups in total. The third-order valence-corrected chi connectivity index (χ3v) is 11.7. The lowest BCUT2D eigenvalue weighted by Gasteiger charge is -2.24. The number of amides is 1. The van der Waals surface area contributed by atoms with Crippen molar-refractivity contribution in [3.63, 3.8) is 0 Å². The fourth-order valence-corrected chi connectivity index (χ4v) is 7.81. The molecule has 0 aliphatic heterocycles. The molecule has 6 heteroatoms. The highest BCUT2D eigenvalue weighted by atomic mass is 16.5. The molecule has 0 aromatic carbocycles. The van der Waals surface area contributed by atoms with Crippen LogP contribution in [-0.4, -0.2) is 46.9 Å². The van der Waals surface area contributed by atoms with Crippen LogP contribution in [0.5, 0.6) is 0 Å². The Morgan fingerprint density at radius 3 is 1.31 bits per heavy atom. The fraction of sp³-hybridized carbons (Fsp3) is 0.782. The summed E-state index contributed by atoms with van der Waals surface area (Å²) >= 11 is 0. The Morgan fingerprint density at radius 1 is 0.492 bits per heavy atom. The molecular formula is C55H99NO5. The maximum Gasteiger partial charge on any atom is 0.306 e. The number of nitrogens with one attached hydrogen (secondary N) is 1. The van der Waals surface area contributed by atoms with Crippen molar-refractivity contribution in [3.05, 3.63) is 60.8 Å². The van der Waals surface area contributed by atoms with Gasteiger partial charge in [0.15, 0.2) is 0 Å². The van der Waals surface area contributed by atoms with E-state index in [9.17, 15) is 19.8 Å². The first-order chi connectivity index (χ1) is 30.0. The lowest BCUT2D eigenvalue weighted by atomic mass is 10.0. The van der Waals surface area contributed by atoms with Gasteiger partial charge in [-0.05, 0) is 38.5 Å². The third-order valence-electron chi connectivity index (χ3n) is 11.7. The Hall–Kier alpha value is -2.44. The summed E-state index contributed by atoms with van der Waals surface area (Å²) in [6, 6.07) is -0.724. The number of aliphatic hydroxyl groups excluding tert-OH is 2. The minimum atomic E-state index is -0.806. The van der Waals surface area contributed by atoms with Crippen molar-refractivity contribution in [2.45, 2.75) is 270 Å². The van der Waals surface area contributed by atoms with E-state index < -0.39 is 18.2 Å². The molecule has 0 aliphatic rings. The number of hydrogen-bond donors (Lipinski definition) is 3. The summed E-state index contributed by atoms with van der Waals surface area (Å²) in [6.45, 7) is 6.33. The van der Waals surface area contributed by atoms with Gasteiger partial charge in [-0.1, -0.05) is 261 Å². The Balaban J connectivity index is 4.63. The first-order valence-electron chi connectivity index (χ1n) is 26.1. The van der Waals surface area contributed by atoms with Gasteiger partial charge in [-0.15, -0.1) is 0 Å². The molecule has 0 aromatic rings. The van der Waals surface area contributed by atoms with Gasteiger partial charge in [0, 0.05) is 6.42 Å². The zero-order valence-electron chi connectivity index (χ0n) is 40.3. The Kier molecular flexibility index (Phi) is 46.6. The summed E-state index contributed by atoms with van der Waals surface area (Å²) < 4.78 is 5.89. The van der Waals surface area contributed by atoms with Crippen molar-refractivity contribution in [2.75, 3.05) is 6.61 Å². The predicted molar refractivity (Wildman–Crippen MR) is 264 cm³/mol. The van der Waals surface area contributed by atoms with E-state index in [1.165, 1.54) is 148 Å². The number of ether oxygens (including phenoxy) is 1. The average molecular weight is 854 g/mol. The van der Waals surface area contributed by atoms with Gasteiger partial charge in [0.25, 0.3) is 0 Å². The van der Waals surface area contributed by atoms with Crippen LogP contribution in [0.2, 0.25) is 0 Å². The number of carbonyl (C=O) groups excluding carboxylic acids is 2. The van der Waals surface area contributed by atoms with Crippen molar-refractivity contribution in [1.82, 2.24) is 5.32 Å². The van der Waals surface area contributed by atoms with Crippen molar-refractivity contribution in [3.8, 4) is 0 Å². The highest BCUT2D eigenvalue weighted by molar-refractivity contribution is 5.77. The van der Waals surface area contributed by atoms with E-state index in [1.807, 2.05) is 48.6 Å². The number of allylic oxidation sites excluding steroid dienone is 10. The van der Waals surface area contributed by atoms with Crippen LogP contribution < -0.4 is 5.32 Å². The summed E-state index contributed by atoms with van der Waals surface area (Å²) in [5, 5.41) is 23.8. The van der Waals surface area contributed by atoms with E-state index in [4.69, 9.17) is 4.74 Å². The van der Waals surface area contributed by atoms with Crippen molar-refractivity contribution < 1.29 is 24.5 Å². The van der Waals surface area contributed by atoms with Gasteiger partial charge < -0.3 is 20.3 Å². The van der Waals surface area contributed by atoms with Gasteiger partial charge in [0.05, 0.1) is 25.2 Å². The molecule has 6 nitrogen and oxygen atoms in total. The SMILES string of the molecule is CC/C=C/C=C/C=C\C=C/C=C/CCCC(CC(=O)NC(CO)C(O)CCCCCCCCCCCCCCCCC)OC(=O)CCCCCCCCCCCCCCCC. The minimum absolute atomic E-state index is 0.0298. The molecule has 0 spiro atoms. The first-order valence-corrected chi connectivity index (χ1v) is 26.1. The van der Waals surface area contributed by atoms with Gasteiger partial charge in [0.2, 0.25) is 5.91 Å². The Labute approximate surface area is 378 Å². The monoisotopic (exact) mass is 854 g/mol. The van der Waals surface area contributed by atoms with Crippen LogP contribution in [0.4, 0.5) is 0 Å². The lowest BCUT2D eigenvalue weighted by molar-refractivity contribution is -0.151. The fourth-order valence-electron chi connectivity index (χ4n) is 7.81. The molecule has 1 amide bonds. The second-order valence-electron chi connectivity index (χ2n) is 17.7. The molecular weight excluding hydrogens is 755 g/mol. The summed E-state index contributed by atoms with van der Waals surface area (Å²) in [5.41, 5.74) is 0. The van der Waals surface area contributed by atoms with Crippen LogP contribution >= 0.6 is 0 Å². The zero-order valence-corrected chi connectivity index (χ0v) is 40.3. The summed E-state index contributed by atoms with van der Waals surface area (Å²) in [5.74, 6) is -0.540. The van der Waals surface area contributed by atoms with Crippen molar-refractivity contribution in [2.24, 2.45) is 0 Å². The number of esters is 1. The summed E-state index contributed by atoms with van der Waals surface area (Å²) in [6.07, 6.45) is 60.0. The molecule has 0 saturated heterocycles. The van der Waals surface area contributed by atoms with Crippen LogP contribution in [0.25, 0.3) is 0 Å². The predicted octanol–water partition coefficient (Wildman–Crippen LogP) is 15.6. The highest BCUT2D eigenvalue weighted by Crippen LogP contribution is 2.18. The van der Waals surface area contributed by atoms with Crippen molar-refractivity contribution in [1.29, 1.82) is 0 Å². The van der Waals surface area contributed by atoms with E-state index in [-0.39, 0.29) is 24.9 Å². The Morgan fingerprint density at radius 2 is 0.885 bits per heavy atom. The maximum absolute atomic E-state index is 13.2. The molecule has 0 aromatic heterocycles. The number of rotatable bonds is 46. The molecule has 61 heavy (non-hydrogen) atoms. The average Bonchev–Trinajstić information content (AvgIpc) is 3.25. The van der Waals surface area contributed by atoms with E-state index in [0.717, 1.165) is 57.8 Å². The number of aliphatic hydroxyl groups is 2. The molecule has 0 bridgehead atoms. The van der Waals surface area contributed by atoms with E-state index in [0.29, 0.717) is 19.3 Å². The largest absolute Gasteiger partial charge is 0.462 e. The van der Waals surface area contributed by atoms with Crippen LogP contribution in [0.3, 0.4) is 0 Å². The molecule has 0 aliphatic carbocycles. The van der Waals surface area contributed by atoms with E-state index >= 15 is 0 Å². The highest BCUT2D eigenvalue weighted by Gasteiger charge is 2.24. The molecule has 0 saturated carbocycles. The molecule has 0 fully saturated rings. The minimum Gasteiger partial charge on any atom is -0.462 e. The normalized spacial score (nSPS) is 13.7. The zero-order chi connectivity index (χ0) is 44.5. The third kappa shape index (κ3) is 44.0. The summed E-state index contributed by atoms with van der Waals surface area (Å²) in [7, 11) is 0. The smallest absolute Gasteiger partial charge is 0.306 e. The standard InChI is InChI=1S/C55H99NO5/c1-4-7-10-13-16-19-22-25-27-29-32-35-38-41-44-47-53(58)52(50-57)56-54(59)49-51(46-43-40-37-34-31-28-24-21-18-15-12-9-6-3)61-55(60)48-45-42-39-36-33-30-26-23-20-17-14-11-8-5-2/h9,12,15,18,21,24,28,31,34,37,51-53,57-58H,4-8,10-11,13-14,16-17,19-20,22-23,25-27,29-30,32-33,35-36,38-50H2,1-3H3,(H,56,59)/b12-9+,18-15+,24-21-,31-28-,37-34+.